The van der Waals surface area contributed by atoms with Crippen LogP contribution in [0.1, 0.15) is 48.8 Å². The Labute approximate surface area is 214 Å². The van der Waals surface area contributed by atoms with Crippen LogP contribution in [-0.4, -0.2) is 35.5 Å². The number of Topliss-reactive ketones (excluding diaryl/α,β-unsaturated/α-hetero) is 1. The van der Waals surface area contributed by atoms with E-state index < -0.39 is 30.3 Å². The fourth-order valence-electron chi connectivity index (χ4n) is 5.32. The van der Waals surface area contributed by atoms with Crippen LogP contribution in [0, 0.1) is 5.92 Å². The summed E-state index contributed by atoms with van der Waals surface area (Å²) in [5, 5.41) is 11.2. The zero-order valence-electron chi connectivity index (χ0n) is 20.4. The fourth-order valence-corrected chi connectivity index (χ4v) is 5.32. The first kappa shape index (κ1) is 24.4. The van der Waals surface area contributed by atoms with Crippen LogP contribution in [0.3, 0.4) is 0 Å². The van der Waals surface area contributed by atoms with Gasteiger partial charge in [0.05, 0.1) is 30.4 Å². The first-order valence-corrected chi connectivity index (χ1v) is 12.2. The van der Waals surface area contributed by atoms with E-state index >= 15 is 0 Å². The number of aromatic nitrogens is 1. The maximum atomic E-state index is 13.9. The SMILES string of the molecule is COc1ccc([C@H]2CC(=O)C3C(=Nc4ccccc4N(C(=O)CCC(=O)[O-])[C@@H]3c3cccnc3)C2)cc1. The fraction of sp³-hybridized carbons (Fsp3) is 0.276. The Hall–Kier alpha value is -4.33. The molecule has 1 fully saturated rings. The van der Waals surface area contributed by atoms with Crippen LogP contribution < -0.4 is 14.7 Å². The van der Waals surface area contributed by atoms with E-state index in [1.807, 2.05) is 42.5 Å². The van der Waals surface area contributed by atoms with Crippen LogP contribution in [0.25, 0.3) is 0 Å². The number of para-hydroxylation sites is 2. The Morgan fingerprint density at radius 1 is 1.00 bits per heavy atom. The predicted octanol–water partition coefficient (Wildman–Crippen LogP) is 3.54. The van der Waals surface area contributed by atoms with E-state index in [4.69, 9.17) is 9.73 Å². The molecule has 8 heteroatoms. The molecule has 2 aliphatic rings. The summed E-state index contributed by atoms with van der Waals surface area (Å²) >= 11 is 0. The lowest BCUT2D eigenvalue weighted by atomic mass is 9.72. The van der Waals surface area contributed by atoms with Gasteiger partial charge >= 0.3 is 0 Å². The number of hydrogen-bond donors (Lipinski definition) is 0. The molecule has 1 aliphatic heterocycles. The molecule has 1 unspecified atom stereocenters. The van der Waals surface area contributed by atoms with Crippen molar-refractivity contribution >= 4 is 34.7 Å². The van der Waals surface area contributed by atoms with Crippen LogP contribution >= 0.6 is 0 Å². The minimum absolute atomic E-state index is 0.0230. The summed E-state index contributed by atoms with van der Waals surface area (Å²) in [5.74, 6) is -1.74. The van der Waals surface area contributed by atoms with Crippen molar-refractivity contribution in [3.63, 3.8) is 0 Å². The summed E-state index contributed by atoms with van der Waals surface area (Å²) in [6, 6.07) is 17.8. The number of aliphatic imine (C=N–C) groups is 1. The standard InChI is InChI=1S/C29H27N3O5/c1-37-21-10-8-18(9-11-21)20-15-23-28(25(33)16-20)29(19-5-4-14-30-17-19)32(26(34)12-13-27(35)36)24-7-3-2-6-22(24)31-23/h2-11,14,17,20,28-29H,12-13,15-16H2,1H3,(H,35,36)/p-1/t20-,28?,29-/m1/s1. The smallest absolute Gasteiger partial charge is 0.228 e. The van der Waals surface area contributed by atoms with Crippen LogP contribution in [0.5, 0.6) is 5.75 Å². The van der Waals surface area contributed by atoms with Crippen LogP contribution in [0.2, 0.25) is 0 Å². The quantitative estimate of drug-likeness (QED) is 0.516. The molecule has 3 atom stereocenters. The summed E-state index contributed by atoms with van der Waals surface area (Å²) in [7, 11) is 1.61. The number of fused-ring (bicyclic) bond motifs is 2. The zero-order chi connectivity index (χ0) is 25.9. The van der Waals surface area contributed by atoms with Crippen LogP contribution in [0.15, 0.2) is 78.0 Å². The van der Waals surface area contributed by atoms with Crippen molar-refractivity contribution in [3.05, 3.63) is 84.2 Å². The van der Waals surface area contributed by atoms with Gasteiger partial charge in [-0.1, -0.05) is 30.3 Å². The number of anilines is 1. The molecular formula is C29H26N3O5-. The van der Waals surface area contributed by atoms with Gasteiger partial charge in [0.15, 0.2) is 0 Å². The molecule has 1 saturated carbocycles. The number of aliphatic carboxylic acids is 1. The molecular weight excluding hydrogens is 470 g/mol. The molecule has 37 heavy (non-hydrogen) atoms. The van der Waals surface area contributed by atoms with E-state index in [1.54, 1.807) is 42.6 Å². The summed E-state index contributed by atoms with van der Waals surface area (Å²) < 4.78 is 5.28. The van der Waals surface area contributed by atoms with Crippen molar-refractivity contribution in [1.82, 2.24) is 4.98 Å². The molecule has 2 heterocycles. The maximum absolute atomic E-state index is 13.9. The molecule has 0 radical (unpaired) electrons. The van der Waals surface area contributed by atoms with E-state index in [0.717, 1.165) is 11.3 Å². The van der Waals surface area contributed by atoms with E-state index in [9.17, 15) is 19.5 Å². The highest BCUT2D eigenvalue weighted by molar-refractivity contribution is 6.13. The molecule has 8 nitrogen and oxygen atoms in total. The minimum Gasteiger partial charge on any atom is -0.550 e. The highest BCUT2D eigenvalue weighted by atomic mass is 16.5. The van der Waals surface area contributed by atoms with Gasteiger partial charge in [0.25, 0.3) is 0 Å². The number of rotatable bonds is 6. The van der Waals surface area contributed by atoms with Gasteiger partial charge in [0.2, 0.25) is 5.91 Å². The zero-order valence-corrected chi connectivity index (χ0v) is 20.4. The normalized spacial score (nSPS) is 20.8. The van der Waals surface area contributed by atoms with Crippen molar-refractivity contribution < 1.29 is 24.2 Å². The van der Waals surface area contributed by atoms with Gasteiger partial charge in [-0.05, 0) is 60.2 Å². The van der Waals surface area contributed by atoms with E-state index in [0.29, 0.717) is 35.5 Å². The van der Waals surface area contributed by atoms with Gasteiger partial charge in [-0.2, -0.15) is 0 Å². The number of hydrogen-bond acceptors (Lipinski definition) is 7. The summed E-state index contributed by atoms with van der Waals surface area (Å²) in [4.78, 5) is 49.4. The average molecular weight is 497 g/mol. The average Bonchev–Trinajstić information content (AvgIpc) is 3.07. The van der Waals surface area contributed by atoms with Gasteiger partial charge in [0.1, 0.15) is 11.5 Å². The second kappa shape index (κ2) is 10.3. The second-order valence-corrected chi connectivity index (χ2v) is 9.28. The molecule has 0 spiro atoms. The molecule has 0 saturated heterocycles. The van der Waals surface area contributed by atoms with Gasteiger partial charge in [0, 0.05) is 36.9 Å². The minimum atomic E-state index is -1.30. The third kappa shape index (κ3) is 4.87. The Bertz CT molecular complexity index is 1350. The number of ketones is 1. The van der Waals surface area contributed by atoms with Crippen LogP contribution in [0.4, 0.5) is 11.4 Å². The number of nitrogens with zero attached hydrogens (tertiary/aromatic N) is 3. The number of carboxylic acid groups (broad SMARTS) is 1. The Balaban J connectivity index is 1.61. The Morgan fingerprint density at radius 2 is 1.78 bits per heavy atom. The van der Waals surface area contributed by atoms with Crippen molar-refractivity contribution in [3.8, 4) is 5.75 Å². The number of carbonyl (C=O) groups excluding carboxylic acids is 3. The topological polar surface area (TPSA) is 112 Å². The van der Waals surface area contributed by atoms with Crippen molar-refractivity contribution in [1.29, 1.82) is 0 Å². The third-order valence-electron chi connectivity index (χ3n) is 7.03. The van der Waals surface area contributed by atoms with Gasteiger partial charge in [-0.3, -0.25) is 19.6 Å². The van der Waals surface area contributed by atoms with Crippen molar-refractivity contribution in [2.45, 2.75) is 37.6 Å². The number of carboxylic acids is 1. The molecule has 1 amide bonds. The third-order valence-corrected chi connectivity index (χ3v) is 7.03. The van der Waals surface area contributed by atoms with Gasteiger partial charge < -0.3 is 19.5 Å². The van der Waals surface area contributed by atoms with Crippen molar-refractivity contribution in [2.75, 3.05) is 12.0 Å². The monoisotopic (exact) mass is 496 g/mol. The highest BCUT2D eigenvalue weighted by Gasteiger charge is 2.46. The molecule has 1 aliphatic carbocycles. The van der Waals surface area contributed by atoms with Crippen LogP contribution in [-0.2, 0) is 14.4 Å². The highest BCUT2D eigenvalue weighted by Crippen LogP contribution is 2.47. The van der Waals surface area contributed by atoms with Crippen molar-refractivity contribution in [2.24, 2.45) is 10.9 Å². The molecule has 3 aromatic rings. The van der Waals surface area contributed by atoms with Gasteiger partial charge in [-0.25, -0.2) is 0 Å². The summed E-state index contributed by atoms with van der Waals surface area (Å²) in [6.07, 6.45) is 3.46. The lowest BCUT2D eigenvalue weighted by Gasteiger charge is -2.38. The number of amides is 1. The van der Waals surface area contributed by atoms with E-state index in [2.05, 4.69) is 4.98 Å². The predicted molar refractivity (Wildman–Crippen MR) is 136 cm³/mol. The van der Waals surface area contributed by atoms with E-state index in [-0.39, 0.29) is 18.1 Å². The number of pyridine rings is 1. The van der Waals surface area contributed by atoms with Gasteiger partial charge in [-0.15, -0.1) is 0 Å². The lowest BCUT2D eigenvalue weighted by Crippen LogP contribution is -2.46. The number of methoxy groups -OCH3 is 1. The largest absolute Gasteiger partial charge is 0.550 e. The Kier molecular flexibility index (Phi) is 6.81. The summed E-state index contributed by atoms with van der Waals surface area (Å²) in [5.41, 5.74) is 3.52. The molecule has 188 valence electrons. The second-order valence-electron chi connectivity index (χ2n) is 9.28. The lowest BCUT2D eigenvalue weighted by molar-refractivity contribution is -0.305. The first-order chi connectivity index (χ1) is 18.0. The molecule has 0 bridgehead atoms. The number of benzene rings is 2. The molecule has 5 rings (SSSR count). The number of carbonyl (C=O) groups is 3. The first-order valence-electron chi connectivity index (χ1n) is 12.2. The van der Waals surface area contributed by atoms with E-state index in [1.165, 1.54) is 0 Å². The Morgan fingerprint density at radius 3 is 2.49 bits per heavy atom. The molecule has 1 aromatic heterocycles. The molecule has 0 N–H and O–H groups in total. The summed E-state index contributed by atoms with van der Waals surface area (Å²) in [6.45, 7) is 0. The molecule has 2 aromatic carbocycles. The maximum Gasteiger partial charge on any atom is 0.228 e. The number of ether oxygens (including phenoxy) is 1.